The van der Waals surface area contributed by atoms with Gasteiger partial charge in [-0.05, 0) is 12.1 Å². The lowest BCUT2D eigenvalue weighted by atomic mass is 10.1. The second-order valence-corrected chi connectivity index (χ2v) is 6.67. The predicted molar refractivity (Wildman–Crippen MR) is 88.5 cm³/mol. The maximum Gasteiger partial charge on any atom is 0.289 e. The molecule has 24 heavy (non-hydrogen) atoms. The number of fused-ring (bicyclic) bond motifs is 1. The Balaban J connectivity index is 1.41. The largest absolute Gasteiger partial charge is 0.455 e. The highest BCUT2D eigenvalue weighted by Gasteiger charge is 2.25. The minimum absolute atomic E-state index is 0.0740. The minimum atomic E-state index is -0.0740. The first-order valence-electron chi connectivity index (χ1n) is 7.70. The van der Waals surface area contributed by atoms with Crippen LogP contribution in [0.4, 0.5) is 0 Å². The van der Waals surface area contributed by atoms with Gasteiger partial charge in [-0.2, -0.15) is 5.10 Å². The van der Waals surface area contributed by atoms with Crippen molar-refractivity contribution < 1.29 is 9.21 Å². The number of aromatic amines is 1. The molecule has 4 rings (SSSR count). The average molecular weight is 343 g/mol. The SMILES string of the molecule is Cn1ccnc1SCc1ccc(C(=O)N2CCc3[nH]ncc3C2)o1. The highest BCUT2D eigenvalue weighted by Crippen LogP contribution is 2.23. The summed E-state index contributed by atoms with van der Waals surface area (Å²) in [6.07, 6.45) is 6.25. The molecule has 0 atom stereocenters. The van der Waals surface area contributed by atoms with Crippen molar-refractivity contribution in [1.29, 1.82) is 0 Å². The molecule has 0 fully saturated rings. The molecule has 4 heterocycles. The second kappa shape index (κ2) is 6.20. The number of furan rings is 1. The van der Waals surface area contributed by atoms with Crippen LogP contribution in [0.1, 0.15) is 27.6 Å². The Morgan fingerprint density at radius 2 is 2.38 bits per heavy atom. The number of hydrogen-bond acceptors (Lipinski definition) is 5. The molecule has 0 saturated heterocycles. The first-order chi connectivity index (χ1) is 11.7. The Bertz CT molecular complexity index is 865. The van der Waals surface area contributed by atoms with Crippen LogP contribution in [-0.4, -0.2) is 37.1 Å². The van der Waals surface area contributed by atoms with Crippen LogP contribution < -0.4 is 0 Å². The second-order valence-electron chi connectivity index (χ2n) is 5.73. The molecule has 0 spiro atoms. The van der Waals surface area contributed by atoms with Crippen LogP contribution in [0, 0.1) is 0 Å². The van der Waals surface area contributed by atoms with Crippen LogP contribution in [0.3, 0.4) is 0 Å². The molecule has 0 saturated carbocycles. The normalized spacial score (nSPS) is 14.0. The topological polar surface area (TPSA) is 80.0 Å². The smallest absolute Gasteiger partial charge is 0.289 e. The fourth-order valence-electron chi connectivity index (χ4n) is 2.75. The highest BCUT2D eigenvalue weighted by molar-refractivity contribution is 7.98. The van der Waals surface area contributed by atoms with E-state index in [0.29, 0.717) is 24.6 Å². The van der Waals surface area contributed by atoms with Crippen LogP contribution in [0.25, 0.3) is 0 Å². The number of nitrogens with one attached hydrogen (secondary N) is 1. The van der Waals surface area contributed by atoms with E-state index in [1.807, 2.05) is 23.9 Å². The van der Waals surface area contributed by atoms with Gasteiger partial charge in [0.1, 0.15) is 5.76 Å². The predicted octanol–water partition coefficient (Wildman–Crippen LogP) is 2.23. The molecular weight excluding hydrogens is 326 g/mol. The fraction of sp³-hybridized carbons (Fsp3) is 0.312. The summed E-state index contributed by atoms with van der Waals surface area (Å²) in [7, 11) is 1.95. The first kappa shape index (κ1) is 15.1. The summed E-state index contributed by atoms with van der Waals surface area (Å²) in [6, 6.07) is 3.61. The number of carbonyl (C=O) groups is 1. The van der Waals surface area contributed by atoms with Gasteiger partial charge in [0.15, 0.2) is 10.9 Å². The molecule has 3 aromatic heterocycles. The summed E-state index contributed by atoms with van der Waals surface area (Å²) in [5.74, 6) is 1.73. The summed E-state index contributed by atoms with van der Waals surface area (Å²) in [5.41, 5.74) is 2.19. The van der Waals surface area contributed by atoms with Crippen molar-refractivity contribution in [3.05, 3.63) is 53.5 Å². The third kappa shape index (κ3) is 2.84. The molecule has 3 aromatic rings. The van der Waals surface area contributed by atoms with Crippen molar-refractivity contribution >= 4 is 17.7 Å². The molecule has 0 bridgehead atoms. The minimum Gasteiger partial charge on any atom is -0.455 e. The van der Waals surface area contributed by atoms with Gasteiger partial charge in [0, 0.05) is 50.2 Å². The number of thioether (sulfide) groups is 1. The van der Waals surface area contributed by atoms with Crippen LogP contribution >= 0.6 is 11.8 Å². The Morgan fingerprint density at radius 1 is 1.46 bits per heavy atom. The van der Waals surface area contributed by atoms with Crippen LogP contribution in [-0.2, 0) is 25.8 Å². The van der Waals surface area contributed by atoms with Gasteiger partial charge in [-0.15, -0.1) is 0 Å². The number of amides is 1. The van der Waals surface area contributed by atoms with Gasteiger partial charge in [-0.25, -0.2) is 4.98 Å². The molecule has 1 aliphatic rings. The van der Waals surface area contributed by atoms with Crippen LogP contribution in [0.5, 0.6) is 0 Å². The van der Waals surface area contributed by atoms with E-state index >= 15 is 0 Å². The number of H-pyrrole nitrogens is 1. The Kier molecular flexibility index (Phi) is 3.89. The molecule has 1 aliphatic heterocycles. The Morgan fingerprint density at radius 3 is 3.21 bits per heavy atom. The maximum atomic E-state index is 12.6. The molecule has 0 unspecified atom stereocenters. The molecule has 124 valence electrons. The van der Waals surface area contributed by atoms with E-state index in [9.17, 15) is 4.79 Å². The summed E-state index contributed by atoms with van der Waals surface area (Å²) in [4.78, 5) is 18.7. The van der Waals surface area contributed by atoms with Crippen molar-refractivity contribution in [3.8, 4) is 0 Å². The standard InChI is InChI=1S/C16H17N5O2S/c1-20-7-5-17-16(20)24-10-12-2-3-14(23-12)15(22)21-6-4-13-11(9-21)8-18-19-13/h2-3,5,7-8H,4,6,9-10H2,1H3,(H,18,19). The van der Waals surface area contributed by atoms with Gasteiger partial charge < -0.3 is 13.9 Å². The van der Waals surface area contributed by atoms with Crippen LogP contribution in [0.15, 0.2) is 40.3 Å². The van der Waals surface area contributed by atoms with E-state index in [1.54, 1.807) is 35.1 Å². The zero-order valence-electron chi connectivity index (χ0n) is 13.2. The monoisotopic (exact) mass is 343 g/mol. The lowest BCUT2D eigenvalue weighted by molar-refractivity contribution is 0.0700. The number of imidazole rings is 1. The molecule has 1 amide bonds. The highest BCUT2D eigenvalue weighted by atomic mass is 32.2. The number of carbonyl (C=O) groups excluding carboxylic acids is 1. The van der Waals surface area contributed by atoms with Crippen molar-refractivity contribution in [3.63, 3.8) is 0 Å². The molecule has 0 aromatic carbocycles. The summed E-state index contributed by atoms with van der Waals surface area (Å²) >= 11 is 1.58. The van der Waals surface area contributed by atoms with Gasteiger partial charge in [-0.1, -0.05) is 11.8 Å². The molecule has 7 nitrogen and oxygen atoms in total. The zero-order chi connectivity index (χ0) is 16.5. The first-order valence-corrected chi connectivity index (χ1v) is 8.68. The summed E-state index contributed by atoms with van der Waals surface area (Å²) in [6.45, 7) is 1.24. The average Bonchev–Trinajstić information content (AvgIpc) is 3.32. The number of rotatable bonds is 4. The Hall–Kier alpha value is -2.48. The van der Waals surface area contributed by atoms with Crippen molar-refractivity contribution in [2.75, 3.05) is 6.54 Å². The van der Waals surface area contributed by atoms with E-state index in [2.05, 4.69) is 15.2 Å². The number of aryl methyl sites for hydroxylation is 1. The summed E-state index contributed by atoms with van der Waals surface area (Å²) < 4.78 is 7.69. The fourth-order valence-corrected chi connectivity index (χ4v) is 3.57. The van der Waals surface area contributed by atoms with Crippen molar-refractivity contribution in [2.24, 2.45) is 7.05 Å². The third-order valence-corrected chi connectivity index (χ3v) is 5.16. The van der Waals surface area contributed by atoms with E-state index in [-0.39, 0.29) is 5.91 Å². The molecular formula is C16H17N5O2S. The molecule has 1 N–H and O–H groups in total. The van der Waals surface area contributed by atoms with Gasteiger partial charge in [-0.3, -0.25) is 9.89 Å². The van der Waals surface area contributed by atoms with Gasteiger partial charge in [0.05, 0.1) is 11.9 Å². The van der Waals surface area contributed by atoms with Crippen molar-refractivity contribution in [2.45, 2.75) is 23.9 Å². The Labute approximate surface area is 143 Å². The zero-order valence-corrected chi connectivity index (χ0v) is 14.0. The molecule has 0 aliphatic carbocycles. The van der Waals surface area contributed by atoms with Gasteiger partial charge >= 0.3 is 0 Å². The number of nitrogens with zero attached hydrogens (tertiary/aromatic N) is 4. The molecule has 0 radical (unpaired) electrons. The third-order valence-electron chi connectivity index (χ3n) is 4.08. The van der Waals surface area contributed by atoms with Gasteiger partial charge in [0.25, 0.3) is 5.91 Å². The quantitative estimate of drug-likeness (QED) is 0.735. The van der Waals surface area contributed by atoms with E-state index in [0.717, 1.165) is 28.6 Å². The lowest BCUT2D eigenvalue weighted by Gasteiger charge is -2.25. The van der Waals surface area contributed by atoms with E-state index in [4.69, 9.17) is 4.42 Å². The summed E-state index contributed by atoms with van der Waals surface area (Å²) in [5, 5.41) is 7.93. The van der Waals surface area contributed by atoms with Crippen molar-refractivity contribution in [1.82, 2.24) is 24.6 Å². The number of aromatic nitrogens is 4. The van der Waals surface area contributed by atoms with Crippen LogP contribution in [0.2, 0.25) is 0 Å². The number of hydrogen-bond donors (Lipinski definition) is 1. The lowest BCUT2D eigenvalue weighted by Crippen LogP contribution is -2.35. The van der Waals surface area contributed by atoms with E-state index in [1.165, 1.54) is 0 Å². The van der Waals surface area contributed by atoms with Gasteiger partial charge in [0.2, 0.25) is 0 Å². The maximum absolute atomic E-state index is 12.6. The van der Waals surface area contributed by atoms with E-state index < -0.39 is 0 Å². The molecule has 8 heteroatoms.